The third-order valence-electron chi connectivity index (χ3n) is 16.6. The van der Waals surface area contributed by atoms with Crippen molar-refractivity contribution in [2.24, 2.45) is 20.6 Å². The molecule has 14 rings (SSSR count). The standard InChI is InChI=1S/C18H16N2O5.C10H9NO5.2C10H11NO3.C8H7NO4.2C8H7NO3.C8H9NO2.C7H5NO5/c1-18(2)24-15-8-7-12(10-13(15)17(23)25-18)19-20-14-6-4-3-5-11(14)9-16(21)22;1-10(2)15-8-4-3-6(11(13)14)5-7(8)9(12)16-10;2*1-10(2)13-8-4-3-6(11)5-7(8)9(12)14-10;10-8(11)5-6-3-1-2-4-7(6)9(12)13;2*10-8(11)5-6-3-1-2-4-7(6)9-12;9-7-4-2-1-3-6(7)5-8(10)11;9-6-2-1-4(8(12)13)3-5(6)7(10)11/h3-8,10H,9H2,1-2H3,(H,21,22);3-5H,1-2H3;2*3-5H,11H2,1-2H3;1-4H,5H2,(H,10,11);2*1-4H,5H2,(H,10,11);1-4H,5,9H2,(H,10,11);1-3,9H,(H,10,11). The number of benzene rings is 10. The van der Waals surface area contributed by atoms with Crippen LogP contribution in [0.25, 0.3) is 0 Å². The highest BCUT2D eigenvalue weighted by atomic mass is 16.7. The van der Waals surface area contributed by atoms with Crippen molar-refractivity contribution < 1.29 is 136 Å². The second-order valence-corrected chi connectivity index (χ2v) is 28.7. The zero-order chi connectivity index (χ0) is 96.7. The van der Waals surface area contributed by atoms with Gasteiger partial charge < -0.3 is 90.8 Å². The summed E-state index contributed by atoms with van der Waals surface area (Å²) in [5, 5.41) is 105. The maximum Gasteiger partial charge on any atom is 0.345 e. The summed E-state index contributed by atoms with van der Waals surface area (Å²) in [5.74, 6) is -10.7. The number of fused-ring (bicyclic) bond motifs is 4. The van der Waals surface area contributed by atoms with Crippen molar-refractivity contribution in [3.05, 3.63) is 308 Å². The van der Waals surface area contributed by atoms with Crippen LogP contribution in [0.4, 0.5) is 56.9 Å². The third-order valence-corrected chi connectivity index (χ3v) is 16.6. The summed E-state index contributed by atoms with van der Waals surface area (Å²) in [6.07, 6.45) is -0.803. The zero-order valence-electron chi connectivity index (χ0n) is 69.9. The first kappa shape index (κ1) is 101. The van der Waals surface area contributed by atoms with E-state index < -0.39 is 109 Å². The second-order valence-electron chi connectivity index (χ2n) is 28.7. The van der Waals surface area contributed by atoms with Crippen LogP contribution >= 0.6 is 0 Å². The van der Waals surface area contributed by atoms with Gasteiger partial charge >= 0.3 is 59.7 Å². The molecule has 0 aliphatic carbocycles. The molecule has 4 heterocycles. The number of rotatable bonds is 18. The van der Waals surface area contributed by atoms with Gasteiger partial charge in [0.05, 0.1) is 58.2 Å². The fraction of sp³-hybridized carbons (Fsp3) is 0.195. The Morgan fingerprint density at radius 2 is 0.654 bits per heavy atom. The van der Waals surface area contributed by atoms with Crippen molar-refractivity contribution >= 4 is 117 Å². The molecule has 4 aliphatic rings. The molecule has 10 aromatic carbocycles. The Morgan fingerprint density at radius 1 is 0.346 bits per heavy atom. The molecule has 0 aromatic heterocycles. The fourth-order valence-corrected chi connectivity index (χ4v) is 11.1. The summed E-state index contributed by atoms with van der Waals surface area (Å²) in [5.41, 5.74) is 21.7. The van der Waals surface area contributed by atoms with Crippen LogP contribution in [0.1, 0.15) is 135 Å². The van der Waals surface area contributed by atoms with Crippen LogP contribution in [-0.4, -0.2) is 133 Å². The third kappa shape index (κ3) is 31.9. The Morgan fingerprint density at radius 3 is 1.03 bits per heavy atom. The lowest BCUT2D eigenvalue weighted by atomic mass is 10.1. The quantitative estimate of drug-likeness (QED) is 0.00725. The number of aromatic hydroxyl groups is 1. The Bertz CT molecular complexity index is 5850. The lowest BCUT2D eigenvalue weighted by molar-refractivity contribution is -0.385. The minimum atomic E-state index is -1.40. The summed E-state index contributed by atoms with van der Waals surface area (Å²) in [6, 6.07) is 53.7. The number of carboxylic acid groups (broad SMARTS) is 6. The number of nitrogens with two attached hydrogens (primary N) is 3. The first-order chi connectivity index (χ1) is 61.0. The molecule has 0 saturated heterocycles. The lowest BCUT2D eigenvalue weighted by Gasteiger charge is -2.31. The molecule has 43 nitrogen and oxygen atoms in total. The summed E-state index contributed by atoms with van der Waals surface area (Å²) >= 11 is 0. The van der Waals surface area contributed by atoms with Crippen molar-refractivity contribution in [3.63, 3.8) is 0 Å². The normalized spacial score (nSPS) is 13.4. The van der Waals surface area contributed by atoms with Gasteiger partial charge in [-0.05, 0) is 124 Å². The number of ether oxygens (including phenoxy) is 8. The van der Waals surface area contributed by atoms with Crippen LogP contribution in [0.15, 0.2) is 233 Å². The van der Waals surface area contributed by atoms with Gasteiger partial charge in [-0.1, -0.05) is 91.0 Å². The van der Waals surface area contributed by atoms with Crippen molar-refractivity contribution in [3.8, 4) is 28.7 Å². The monoisotopic (exact) mass is 1790 g/mol. The summed E-state index contributed by atoms with van der Waals surface area (Å²) in [4.78, 5) is 159. The molecule has 0 unspecified atom stereocenters. The number of nitro groups is 3. The van der Waals surface area contributed by atoms with Crippen molar-refractivity contribution in [2.75, 3.05) is 17.2 Å². The van der Waals surface area contributed by atoms with Gasteiger partial charge in [-0.3, -0.25) is 54.3 Å². The molecule has 0 bridgehead atoms. The maximum atomic E-state index is 12.1. The number of aliphatic carboxylic acids is 5. The first-order valence-electron chi connectivity index (χ1n) is 37.6. The van der Waals surface area contributed by atoms with Crippen LogP contribution in [0.3, 0.4) is 0 Å². The number of phenols is 1. The molecule has 130 heavy (non-hydrogen) atoms. The van der Waals surface area contributed by atoms with Crippen molar-refractivity contribution in [2.45, 2.75) is 111 Å². The summed E-state index contributed by atoms with van der Waals surface area (Å²) in [6.45, 7) is 13.2. The number of carbonyl (C=O) groups is 10. The largest absolute Gasteiger partial charge is 0.507 e. The molecular weight excluding hydrogens is 1710 g/mol. The Labute approximate surface area is 735 Å². The average Bonchev–Trinajstić information content (AvgIpc) is 0.639. The molecule has 43 heteroatoms. The summed E-state index contributed by atoms with van der Waals surface area (Å²) < 4.78 is 42.1. The van der Waals surface area contributed by atoms with Gasteiger partial charge in [0.2, 0.25) is 23.1 Å². The average molecular weight is 1800 g/mol. The number of anilines is 3. The van der Waals surface area contributed by atoms with Gasteiger partial charge in [0.15, 0.2) is 0 Å². The first-order valence-corrected chi connectivity index (χ1v) is 37.6. The highest BCUT2D eigenvalue weighted by Crippen LogP contribution is 2.38. The number of hydrogen-bond acceptors (Lipinski definition) is 34. The van der Waals surface area contributed by atoms with Gasteiger partial charge in [0.25, 0.3) is 17.1 Å². The Kier molecular flexibility index (Phi) is 35.5. The highest BCUT2D eigenvalue weighted by Gasteiger charge is 2.38. The number of hydrogen-bond donors (Lipinski definition) is 10. The number of nitrogen functional groups attached to an aromatic ring is 3. The number of carboxylic acids is 6. The van der Waals surface area contributed by atoms with Crippen LogP contribution in [0.5, 0.6) is 28.7 Å². The van der Waals surface area contributed by atoms with E-state index in [4.69, 9.17) is 90.8 Å². The van der Waals surface area contributed by atoms with Gasteiger partial charge in [0.1, 0.15) is 67.9 Å². The minimum absolute atomic E-state index is 0.00727. The van der Waals surface area contributed by atoms with Crippen LogP contribution < -0.4 is 36.1 Å². The number of nitroso groups, excluding NO2 is 2. The molecule has 0 atom stereocenters. The number of aromatic carboxylic acids is 1. The van der Waals surface area contributed by atoms with Gasteiger partial charge in [-0.15, -0.1) is 9.81 Å². The predicted octanol–water partition coefficient (Wildman–Crippen LogP) is 15.5. The number of non-ortho nitro benzene ring substituents is 2. The van der Waals surface area contributed by atoms with E-state index in [9.17, 15) is 88.1 Å². The molecule has 0 fully saturated rings. The predicted molar refractivity (Wildman–Crippen MR) is 459 cm³/mol. The second kappa shape index (κ2) is 45.6. The molecular formula is C87H82N10O33. The van der Waals surface area contributed by atoms with E-state index in [2.05, 4.69) is 20.6 Å². The lowest BCUT2D eigenvalue weighted by Crippen LogP contribution is -2.38. The van der Waals surface area contributed by atoms with Crippen molar-refractivity contribution in [1.82, 2.24) is 0 Å². The molecule has 0 amide bonds. The Hall–Kier alpha value is -17.7. The van der Waals surface area contributed by atoms with E-state index >= 15 is 0 Å². The number of esters is 4. The molecule has 10 aromatic rings. The topological polar surface area (TPSA) is 677 Å². The molecule has 0 spiro atoms. The van der Waals surface area contributed by atoms with E-state index in [1.165, 1.54) is 48.5 Å². The molecule has 4 aliphatic heterocycles. The highest BCUT2D eigenvalue weighted by molar-refractivity contribution is 5.97. The van der Waals surface area contributed by atoms with E-state index in [-0.39, 0.29) is 77.2 Å². The smallest absolute Gasteiger partial charge is 0.345 e. The van der Waals surface area contributed by atoms with Crippen LogP contribution in [0, 0.1) is 40.2 Å². The molecule has 13 N–H and O–H groups in total. The Balaban J connectivity index is 0.000000228. The van der Waals surface area contributed by atoms with Crippen molar-refractivity contribution in [1.29, 1.82) is 0 Å². The fourth-order valence-electron chi connectivity index (χ4n) is 11.1. The zero-order valence-corrected chi connectivity index (χ0v) is 69.9. The number of carbonyl (C=O) groups excluding carboxylic acids is 4. The van der Waals surface area contributed by atoms with E-state index in [1.54, 1.807) is 195 Å². The van der Waals surface area contributed by atoms with Gasteiger partial charge in [-0.25, -0.2) is 24.0 Å². The number of nitrogens with zero attached hydrogens (tertiary/aromatic N) is 7. The van der Waals surface area contributed by atoms with Gasteiger partial charge in [-0.2, -0.15) is 10.2 Å². The van der Waals surface area contributed by atoms with E-state index in [0.717, 1.165) is 24.3 Å². The van der Waals surface area contributed by atoms with E-state index in [1.807, 2.05) is 0 Å². The molecule has 0 radical (unpaired) electrons. The van der Waals surface area contributed by atoms with Crippen LogP contribution in [-0.2, 0) is 75.0 Å². The molecule has 678 valence electrons. The minimum Gasteiger partial charge on any atom is -0.507 e. The number of cyclic esters (lactones) is 4. The SMILES string of the molecule is CC1(C)OC(=O)c2cc(N)ccc2O1.CC1(C)OC(=O)c2cc(N)ccc2O1.CC1(C)OC(=O)c2cc(N=Nc3ccccc3CC(=O)O)ccc2O1.CC1(C)OC(=O)c2cc([N+](=O)[O-])ccc2O1.Nc1ccccc1CC(=O)O.O=C(O)Cc1ccccc1[N+](=O)[O-].O=C(O)c1cc([N+](=O)[O-])ccc1O.O=Nc1ccccc1CC(=O)O.O=Nc1ccccc1CC(=O)O. The number of nitro benzene ring substituents is 3. The summed E-state index contributed by atoms with van der Waals surface area (Å²) in [7, 11) is 0. The van der Waals surface area contributed by atoms with Gasteiger partial charge in [0, 0.05) is 108 Å². The van der Waals surface area contributed by atoms with E-state index in [0.29, 0.717) is 84.8 Å². The number of azo groups is 1. The number of para-hydroxylation sites is 2. The maximum absolute atomic E-state index is 12.1. The molecule has 0 saturated carbocycles. The van der Waals surface area contributed by atoms with Crippen LogP contribution in [0.2, 0.25) is 0 Å².